The Bertz CT molecular complexity index is 1250. The number of rotatable bonds is 9. The summed E-state index contributed by atoms with van der Waals surface area (Å²) in [5.41, 5.74) is 2.55. The lowest BCUT2D eigenvalue weighted by Crippen LogP contribution is -2.35. The highest BCUT2D eigenvalue weighted by molar-refractivity contribution is 7.89. The van der Waals surface area contributed by atoms with Crippen molar-refractivity contribution in [2.45, 2.75) is 11.3 Å². The molecule has 4 rings (SSSR count). The smallest absolute Gasteiger partial charge is 0.243 e. The Kier molecular flexibility index (Phi) is 6.47. The van der Waals surface area contributed by atoms with Gasteiger partial charge >= 0.3 is 0 Å². The summed E-state index contributed by atoms with van der Waals surface area (Å²) in [5.74, 6) is -0.291. The molecule has 0 radical (unpaired) electrons. The molecule has 2 heterocycles. The van der Waals surface area contributed by atoms with Gasteiger partial charge in [0.25, 0.3) is 0 Å². The first-order valence-corrected chi connectivity index (χ1v) is 12.1. The molecule has 0 atom stereocenters. The molecule has 9 heteroatoms. The number of benzene rings is 2. The van der Waals surface area contributed by atoms with E-state index in [0.29, 0.717) is 19.6 Å². The number of fused-ring (bicyclic) bond motifs is 1. The number of sulfonamides is 1. The zero-order valence-corrected chi connectivity index (χ0v) is 18.6. The zero-order chi connectivity index (χ0) is 21.8. The Hall–Kier alpha value is -2.59. The van der Waals surface area contributed by atoms with E-state index in [-0.39, 0.29) is 17.3 Å². The van der Waals surface area contributed by atoms with Gasteiger partial charge in [0.2, 0.25) is 10.0 Å². The Balaban J connectivity index is 1.56. The van der Waals surface area contributed by atoms with Gasteiger partial charge in [0, 0.05) is 49.5 Å². The summed E-state index contributed by atoms with van der Waals surface area (Å²) >= 11 is 1.49. The normalized spacial score (nSPS) is 12.1. The van der Waals surface area contributed by atoms with Crippen LogP contribution in [0.1, 0.15) is 5.69 Å². The van der Waals surface area contributed by atoms with Crippen molar-refractivity contribution in [3.05, 3.63) is 77.7 Å². The lowest BCUT2D eigenvalue weighted by molar-refractivity contribution is 0.179. The minimum atomic E-state index is -3.63. The Morgan fingerprint density at radius 3 is 2.55 bits per heavy atom. The van der Waals surface area contributed by atoms with Gasteiger partial charge in [0.1, 0.15) is 5.82 Å². The maximum absolute atomic E-state index is 13.2. The van der Waals surface area contributed by atoms with Crippen LogP contribution in [0.4, 0.5) is 4.39 Å². The molecule has 0 aliphatic carbocycles. The van der Waals surface area contributed by atoms with E-state index in [0.717, 1.165) is 21.9 Å². The summed E-state index contributed by atoms with van der Waals surface area (Å²) in [6.45, 7) is 0.896. The molecule has 4 aromatic rings. The molecule has 31 heavy (non-hydrogen) atoms. The van der Waals surface area contributed by atoms with Gasteiger partial charge in [0.05, 0.1) is 17.2 Å². The highest BCUT2D eigenvalue weighted by Crippen LogP contribution is 2.25. The zero-order valence-electron chi connectivity index (χ0n) is 16.9. The third-order valence-corrected chi connectivity index (χ3v) is 7.77. The number of hydrogen-bond donors (Lipinski definition) is 0. The first kappa shape index (κ1) is 21.6. The molecule has 6 nitrogen and oxygen atoms in total. The molecule has 0 saturated carbocycles. The molecule has 0 spiro atoms. The molecule has 0 saturated heterocycles. The van der Waals surface area contributed by atoms with Gasteiger partial charge in [-0.1, -0.05) is 18.2 Å². The fourth-order valence-electron chi connectivity index (χ4n) is 3.29. The maximum atomic E-state index is 13.2. The molecule has 0 aliphatic rings. The van der Waals surface area contributed by atoms with Gasteiger partial charge in [-0.05, 0) is 36.4 Å². The van der Waals surface area contributed by atoms with Crippen molar-refractivity contribution in [1.82, 2.24) is 13.7 Å². The summed E-state index contributed by atoms with van der Waals surface area (Å²) in [4.78, 5) is 5.69. The Morgan fingerprint density at radius 1 is 1.10 bits per heavy atom. The Labute approximate surface area is 184 Å². The standard InChI is InChI=1S/C22H22FN3O3S2/c1-29-14-13-25(31(27,28)20-5-3-2-4-6-20)12-11-19-16-30-22-24-21(15-26(19)22)17-7-9-18(23)10-8-17/h2-10,15-16H,11-14H2,1H3. The van der Waals surface area contributed by atoms with Crippen molar-refractivity contribution < 1.29 is 17.5 Å². The first-order chi connectivity index (χ1) is 15.0. The molecule has 0 amide bonds. The largest absolute Gasteiger partial charge is 0.383 e. The van der Waals surface area contributed by atoms with Crippen LogP contribution in [0.5, 0.6) is 0 Å². The van der Waals surface area contributed by atoms with Crippen LogP contribution in [0.3, 0.4) is 0 Å². The van der Waals surface area contributed by atoms with Crippen LogP contribution in [0, 0.1) is 5.82 Å². The van der Waals surface area contributed by atoms with E-state index in [4.69, 9.17) is 4.74 Å². The van der Waals surface area contributed by atoms with Crippen LogP contribution in [0.25, 0.3) is 16.2 Å². The van der Waals surface area contributed by atoms with Crippen molar-refractivity contribution in [3.63, 3.8) is 0 Å². The summed E-state index contributed by atoms with van der Waals surface area (Å²) < 4.78 is 48.0. The molecule has 0 unspecified atom stereocenters. The van der Waals surface area contributed by atoms with E-state index in [1.807, 2.05) is 16.0 Å². The SMILES string of the molecule is COCCN(CCc1csc2nc(-c3ccc(F)cc3)cn12)S(=O)(=O)c1ccccc1. The second-order valence-corrected chi connectivity index (χ2v) is 9.75. The number of aromatic nitrogens is 2. The second kappa shape index (κ2) is 9.27. The molecular formula is C22H22FN3O3S2. The highest BCUT2D eigenvalue weighted by Gasteiger charge is 2.24. The average Bonchev–Trinajstić information content (AvgIpc) is 3.36. The molecule has 2 aromatic carbocycles. The van der Waals surface area contributed by atoms with Crippen molar-refractivity contribution in [1.29, 1.82) is 0 Å². The third-order valence-electron chi connectivity index (χ3n) is 4.97. The van der Waals surface area contributed by atoms with Gasteiger partial charge in [-0.3, -0.25) is 4.40 Å². The summed E-state index contributed by atoms with van der Waals surface area (Å²) in [5, 5.41) is 1.99. The summed E-state index contributed by atoms with van der Waals surface area (Å²) in [7, 11) is -2.07. The monoisotopic (exact) mass is 459 g/mol. The molecule has 0 fully saturated rings. The molecule has 162 valence electrons. The molecular weight excluding hydrogens is 437 g/mol. The average molecular weight is 460 g/mol. The van der Waals surface area contributed by atoms with Gasteiger partial charge in [-0.25, -0.2) is 17.8 Å². The van der Waals surface area contributed by atoms with E-state index >= 15 is 0 Å². The molecule has 0 aliphatic heterocycles. The number of ether oxygens (including phenoxy) is 1. The minimum absolute atomic E-state index is 0.266. The van der Waals surface area contributed by atoms with Crippen LogP contribution in [-0.4, -0.2) is 48.9 Å². The van der Waals surface area contributed by atoms with Crippen LogP contribution in [-0.2, 0) is 21.2 Å². The molecule has 0 bridgehead atoms. The lowest BCUT2D eigenvalue weighted by atomic mass is 10.2. The predicted octanol–water partition coefficient (Wildman–Crippen LogP) is 4.08. The number of halogens is 1. The number of methoxy groups -OCH3 is 1. The van der Waals surface area contributed by atoms with Gasteiger partial charge in [-0.15, -0.1) is 11.3 Å². The van der Waals surface area contributed by atoms with Gasteiger partial charge < -0.3 is 4.74 Å². The third kappa shape index (κ3) is 4.69. The summed E-state index contributed by atoms with van der Waals surface area (Å²) in [6.07, 6.45) is 2.43. The van der Waals surface area contributed by atoms with E-state index in [2.05, 4.69) is 4.98 Å². The second-order valence-electron chi connectivity index (χ2n) is 6.97. The van der Waals surface area contributed by atoms with E-state index in [1.54, 1.807) is 49.6 Å². The van der Waals surface area contributed by atoms with Crippen molar-refractivity contribution in [2.24, 2.45) is 0 Å². The molecule has 0 N–H and O–H groups in total. The van der Waals surface area contributed by atoms with E-state index in [9.17, 15) is 12.8 Å². The van der Waals surface area contributed by atoms with Crippen LogP contribution < -0.4 is 0 Å². The fraction of sp³-hybridized carbons (Fsp3) is 0.227. The summed E-state index contributed by atoms with van der Waals surface area (Å²) in [6, 6.07) is 14.6. The van der Waals surface area contributed by atoms with Gasteiger partial charge in [0.15, 0.2) is 4.96 Å². The lowest BCUT2D eigenvalue weighted by Gasteiger charge is -2.21. The number of thiazole rings is 1. The predicted molar refractivity (Wildman–Crippen MR) is 119 cm³/mol. The van der Waals surface area contributed by atoms with Crippen molar-refractivity contribution in [2.75, 3.05) is 26.8 Å². The van der Waals surface area contributed by atoms with Crippen molar-refractivity contribution >= 4 is 26.3 Å². The van der Waals surface area contributed by atoms with Gasteiger partial charge in [-0.2, -0.15) is 4.31 Å². The van der Waals surface area contributed by atoms with E-state index in [1.165, 1.54) is 27.8 Å². The minimum Gasteiger partial charge on any atom is -0.383 e. The first-order valence-electron chi connectivity index (χ1n) is 9.74. The topological polar surface area (TPSA) is 63.9 Å². The van der Waals surface area contributed by atoms with Crippen LogP contribution in [0.15, 0.2) is 71.1 Å². The maximum Gasteiger partial charge on any atom is 0.243 e. The Morgan fingerprint density at radius 2 is 1.84 bits per heavy atom. The number of nitrogens with zero attached hydrogens (tertiary/aromatic N) is 3. The quantitative estimate of drug-likeness (QED) is 0.378. The highest BCUT2D eigenvalue weighted by atomic mass is 32.2. The number of hydrogen-bond acceptors (Lipinski definition) is 5. The van der Waals surface area contributed by atoms with Crippen LogP contribution >= 0.6 is 11.3 Å². The number of imidazole rings is 1. The molecule has 2 aromatic heterocycles. The van der Waals surface area contributed by atoms with E-state index < -0.39 is 10.0 Å². The van der Waals surface area contributed by atoms with Crippen LogP contribution in [0.2, 0.25) is 0 Å². The van der Waals surface area contributed by atoms with Crippen molar-refractivity contribution in [3.8, 4) is 11.3 Å². The fourth-order valence-corrected chi connectivity index (χ4v) is 5.65.